The van der Waals surface area contributed by atoms with Gasteiger partial charge < -0.3 is 9.47 Å². The lowest BCUT2D eigenvalue weighted by atomic mass is 10.1. The van der Waals surface area contributed by atoms with Crippen molar-refractivity contribution < 1.29 is 23.9 Å². The Balaban J connectivity index is 2.07. The highest BCUT2D eigenvalue weighted by Crippen LogP contribution is 2.22. The zero-order valence-electron chi connectivity index (χ0n) is 11.1. The number of anilines is 1. The van der Waals surface area contributed by atoms with Crippen molar-refractivity contribution in [3.05, 3.63) is 5.82 Å². The molecule has 1 fully saturated rings. The molecule has 1 aromatic rings. The number of aromatic nitrogens is 3. The normalized spacial score (nSPS) is 18.2. The summed E-state index contributed by atoms with van der Waals surface area (Å²) in [4.78, 5) is 39.7. The predicted octanol–water partition coefficient (Wildman–Crippen LogP) is -0.954. The summed E-state index contributed by atoms with van der Waals surface area (Å²) in [6.07, 6.45) is -0.000487. The fraction of sp³-hybridized carbons (Fsp3) is 0.545. The number of hydrogen-bond acceptors (Lipinski definition) is 7. The maximum atomic E-state index is 11.8. The molecule has 9 nitrogen and oxygen atoms in total. The van der Waals surface area contributed by atoms with Crippen molar-refractivity contribution in [2.45, 2.75) is 12.8 Å². The molecule has 20 heavy (non-hydrogen) atoms. The molecule has 1 atom stereocenters. The first-order chi connectivity index (χ1) is 9.55. The lowest BCUT2D eigenvalue weighted by molar-refractivity contribution is -0.145. The summed E-state index contributed by atoms with van der Waals surface area (Å²) in [5.74, 6) is -1.25. The van der Waals surface area contributed by atoms with Crippen LogP contribution in [0.25, 0.3) is 0 Å². The number of rotatable bonds is 4. The highest BCUT2D eigenvalue weighted by molar-refractivity contribution is 5.98. The van der Waals surface area contributed by atoms with Crippen LogP contribution >= 0.6 is 0 Å². The van der Waals surface area contributed by atoms with Crippen LogP contribution in [0.4, 0.5) is 5.95 Å². The van der Waals surface area contributed by atoms with Gasteiger partial charge in [-0.15, -0.1) is 5.10 Å². The third-order valence-electron chi connectivity index (χ3n) is 2.96. The SMILES string of the molecule is COC(=O)Cc1nc(N2CC(C(=O)OC)CC2=O)n[nH]1. The van der Waals surface area contributed by atoms with Crippen molar-refractivity contribution in [2.75, 3.05) is 25.7 Å². The minimum absolute atomic E-state index is 0.0630. The molecule has 2 rings (SSSR count). The van der Waals surface area contributed by atoms with E-state index in [-0.39, 0.29) is 31.2 Å². The molecule has 1 aromatic heterocycles. The molecule has 0 radical (unpaired) electrons. The Morgan fingerprint density at radius 1 is 1.40 bits per heavy atom. The van der Waals surface area contributed by atoms with Crippen LogP contribution in [0.3, 0.4) is 0 Å². The van der Waals surface area contributed by atoms with Gasteiger partial charge in [-0.1, -0.05) is 0 Å². The number of ether oxygens (including phenoxy) is 2. The molecule has 1 aliphatic rings. The number of aromatic amines is 1. The molecule has 1 amide bonds. The zero-order chi connectivity index (χ0) is 14.7. The van der Waals surface area contributed by atoms with Crippen LogP contribution in [0.15, 0.2) is 0 Å². The van der Waals surface area contributed by atoms with Gasteiger partial charge in [0.05, 0.1) is 20.1 Å². The number of amides is 1. The van der Waals surface area contributed by atoms with Gasteiger partial charge in [0, 0.05) is 13.0 Å². The Labute approximate surface area is 114 Å². The third kappa shape index (κ3) is 2.76. The molecule has 1 N–H and O–H groups in total. The summed E-state index contributed by atoms with van der Waals surface area (Å²) < 4.78 is 9.12. The summed E-state index contributed by atoms with van der Waals surface area (Å²) in [7, 11) is 2.54. The molecule has 2 heterocycles. The zero-order valence-corrected chi connectivity index (χ0v) is 11.1. The molecule has 9 heteroatoms. The second-order valence-electron chi connectivity index (χ2n) is 4.26. The standard InChI is InChI=1S/C11H14N4O5/c1-19-9(17)4-7-12-11(14-13-7)15-5-6(3-8(15)16)10(18)20-2/h6H,3-5H2,1-2H3,(H,12,13,14). The van der Waals surface area contributed by atoms with Crippen molar-refractivity contribution in [1.29, 1.82) is 0 Å². The summed E-state index contributed by atoms with van der Waals surface area (Å²) in [6.45, 7) is 0.168. The summed E-state index contributed by atoms with van der Waals surface area (Å²) in [5.41, 5.74) is 0. The monoisotopic (exact) mass is 282 g/mol. The first-order valence-corrected chi connectivity index (χ1v) is 5.91. The van der Waals surface area contributed by atoms with E-state index in [2.05, 4.69) is 24.7 Å². The van der Waals surface area contributed by atoms with Crippen LogP contribution in [-0.4, -0.2) is 53.8 Å². The third-order valence-corrected chi connectivity index (χ3v) is 2.96. The minimum atomic E-state index is -0.518. The largest absolute Gasteiger partial charge is 0.469 e. The van der Waals surface area contributed by atoms with E-state index >= 15 is 0 Å². The van der Waals surface area contributed by atoms with Crippen molar-refractivity contribution in [2.24, 2.45) is 5.92 Å². The lowest BCUT2D eigenvalue weighted by Crippen LogP contribution is -2.27. The topological polar surface area (TPSA) is 114 Å². The first kappa shape index (κ1) is 14.0. The molecule has 0 spiro atoms. The number of carbonyl (C=O) groups excluding carboxylic acids is 3. The van der Waals surface area contributed by atoms with Crippen LogP contribution in [0, 0.1) is 5.92 Å². The van der Waals surface area contributed by atoms with Gasteiger partial charge in [-0.2, -0.15) is 4.98 Å². The highest BCUT2D eigenvalue weighted by Gasteiger charge is 2.37. The number of esters is 2. The number of methoxy groups -OCH3 is 2. The number of nitrogens with one attached hydrogen (secondary N) is 1. The molecule has 0 saturated carbocycles. The van der Waals surface area contributed by atoms with E-state index in [1.165, 1.54) is 19.1 Å². The molecule has 108 valence electrons. The van der Waals surface area contributed by atoms with Crippen molar-refractivity contribution in [3.8, 4) is 0 Å². The van der Waals surface area contributed by atoms with Gasteiger partial charge in [0.15, 0.2) is 0 Å². The summed E-state index contributed by atoms with van der Waals surface area (Å²) >= 11 is 0. The molecular formula is C11H14N4O5. The molecular weight excluding hydrogens is 268 g/mol. The number of nitrogens with zero attached hydrogens (tertiary/aromatic N) is 3. The van der Waals surface area contributed by atoms with E-state index in [9.17, 15) is 14.4 Å². The van der Waals surface area contributed by atoms with E-state index in [1.807, 2.05) is 0 Å². The van der Waals surface area contributed by atoms with Crippen LogP contribution in [0.2, 0.25) is 0 Å². The average molecular weight is 282 g/mol. The van der Waals surface area contributed by atoms with Gasteiger partial charge in [-0.25, -0.2) is 0 Å². The number of carbonyl (C=O) groups is 3. The quantitative estimate of drug-likeness (QED) is 0.708. The molecule has 0 aromatic carbocycles. The van der Waals surface area contributed by atoms with Crippen molar-refractivity contribution >= 4 is 23.8 Å². The average Bonchev–Trinajstić information content (AvgIpc) is 3.04. The van der Waals surface area contributed by atoms with Crippen LogP contribution in [0.5, 0.6) is 0 Å². The molecule has 0 bridgehead atoms. The number of H-pyrrole nitrogens is 1. The maximum Gasteiger partial charge on any atom is 0.313 e. The molecule has 0 aliphatic carbocycles. The van der Waals surface area contributed by atoms with Crippen molar-refractivity contribution in [1.82, 2.24) is 15.2 Å². The van der Waals surface area contributed by atoms with Crippen LogP contribution < -0.4 is 4.90 Å². The fourth-order valence-corrected chi connectivity index (χ4v) is 1.92. The Kier molecular flexibility index (Phi) is 3.97. The molecule has 1 saturated heterocycles. The van der Waals surface area contributed by atoms with Gasteiger partial charge in [0.1, 0.15) is 12.2 Å². The summed E-state index contributed by atoms with van der Waals surface area (Å²) in [5, 5.41) is 6.42. The Morgan fingerprint density at radius 2 is 2.15 bits per heavy atom. The Bertz CT molecular complexity index is 541. The minimum Gasteiger partial charge on any atom is -0.469 e. The van der Waals surface area contributed by atoms with E-state index in [0.29, 0.717) is 5.82 Å². The highest BCUT2D eigenvalue weighted by atomic mass is 16.5. The maximum absolute atomic E-state index is 11.8. The number of hydrogen-bond donors (Lipinski definition) is 1. The van der Waals surface area contributed by atoms with Gasteiger partial charge in [-0.3, -0.25) is 24.4 Å². The molecule has 1 aliphatic heterocycles. The Hall–Kier alpha value is -2.45. The van der Waals surface area contributed by atoms with E-state index < -0.39 is 17.9 Å². The summed E-state index contributed by atoms with van der Waals surface area (Å²) in [6, 6.07) is 0. The van der Waals surface area contributed by atoms with Gasteiger partial charge in [0.2, 0.25) is 5.91 Å². The van der Waals surface area contributed by atoms with E-state index in [1.54, 1.807) is 0 Å². The second-order valence-corrected chi connectivity index (χ2v) is 4.26. The van der Waals surface area contributed by atoms with E-state index in [4.69, 9.17) is 0 Å². The smallest absolute Gasteiger partial charge is 0.313 e. The fourth-order valence-electron chi connectivity index (χ4n) is 1.92. The Morgan fingerprint density at radius 3 is 2.80 bits per heavy atom. The van der Waals surface area contributed by atoms with Crippen LogP contribution in [0.1, 0.15) is 12.2 Å². The van der Waals surface area contributed by atoms with E-state index in [0.717, 1.165) is 0 Å². The van der Waals surface area contributed by atoms with Gasteiger partial charge in [-0.05, 0) is 0 Å². The molecule has 1 unspecified atom stereocenters. The van der Waals surface area contributed by atoms with Gasteiger partial charge >= 0.3 is 11.9 Å². The lowest BCUT2D eigenvalue weighted by Gasteiger charge is -2.10. The first-order valence-electron chi connectivity index (χ1n) is 5.91. The second kappa shape index (κ2) is 5.68. The van der Waals surface area contributed by atoms with Crippen molar-refractivity contribution in [3.63, 3.8) is 0 Å². The van der Waals surface area contributed by atoms with Crippen LogP contribution in [-0.2, 0) is 30.3 Å². The predicted molar refractivity (Wildman–Crippen MR) is 64.6 cm³/mol. The van der Waals surface area contributed by atoms with Gasteiger partial charge in [0.25, 0.3) is 5.95 Å².